The van der Waals surface area contributed by atoms with Crippen molar-refractivity contribution in [3.8, 4) is 11.5 Å². The van der Waals surface area contributed by atoms with Crippen molar-refractivity contribution in [3.63, 3.8) is 0 Å². The van der Waals surface area contributed by atoms with Crippen molar-refractivity contribution in [1.82, 2.24) is 10.3 Å². The third kappa shape index (κ3) is 4.38. The number of carbonyl (C=O) groups excluding carboxylic acids is 1. The van der Waals surface area contributed by atoms with Crippen LogP contribution < -0.4 is 19.7 Å². The zero-order chi connectivity index (χ0) is 20.8. The molecular formula is C24H25N3O3. The van der Waals surface area contributed by atoms with Crippen molar-refractivity contribution in [2.75, 3.05) is 31.7 Å². The zero-order valence-electron chi connectivity index (χ0n) is 17.0. The minimum atomic E-state index is -0.160. The Labute approximate surface area is 176 Å². The van der Waals surface area contributed by atoms with Crippen LogP contribution in [-0.4, -0.2) is 37.7 Å². The molecule has 154 valence electrons. The van der Waals surface area contributed by atoms with Gasteiger partial charge < -0.3 is 19.7 Å². The maximum Gasteiger partial charge on any atom is 0.253 e. The summed E-state index contributed by atoms with van der Waals surface area (Å²) >= 11 is 0. The maximum atomic E-state index is 12.7. The van der Waals surface area contributed by atoms with Crippen LogP contribution in [0, 0.1) is 0 Å². The van der Waals surface area contributed by atoms with Crippen molar-refractivity contribution in [3.05, 3.63) is 78.1 Å². The molecule has 6 heteroatoms. The van der Waals surface area contributed by atoms with Crippen molar-refractivity contribution in [2.24, 2.45) is 0 Å². The minimum Gasteiger partial charge on any atom is -0.495 e. The van der Waals surface area contributed by atoms with Gasteiger partial charge in [-0.3, -0.25) is 9.78 Å². The number of anilines is 2. The molecule has 0 bridgehead atoms. The predicted molar refractivity (Wildman–Crippen MR) is 117 cm³/mol. The van der Waals surface area contributed by atoms with Gasteiger partial charge in [0.15, 0.2) is 0 Å². The molecule has 0 fully saturated rings. The first kappa shape index (κ1) is 19.8. The van der Waals surface area contributed by atoms with E-state index in [-0.39, 0.29) is 5.91 Å². The maximum absolute atomic E-state index is 12.7. The van der Waals surface area contributed by atoms with Gasteiger partial charge in [-0.1, -0.05) is 30.3 Å². The van der Waals surface area contributed by atoms with Gasteiger partial charge in [0.25, 0.3) is 5.91 Å². The molecule has 0 atom stereocenters. The minimum absolute atomic E-state index is 0.160. The number of nitrogens with one attached hydrogen (secondary N) is 1. The lowest BCUT2D eigenvalue weighted by atomic mass is 10.0. The first-order valence-electron chi connectivity index (χ1n) is 10.1. The number of fused-ring (bicyclic) bond motifs is 1. The van der Waals surface area contributed by atoms with Gasteiger partial charge in [-0.05, 0) is 43.2 Å². The van der Waals surface area contributed by atoms with Crippen LogP contribution in [0.25, 0.3) is 0 Å². The van der Waals surface area contributed by atoms with Gasteiger partial charge in [-0.15, -0.1) is 0 Å². The summed E-state index contributed by atoms with van der Waals surface area (Å²) < 4.78 is 11.2. The molecule has 30 heavy (non-hydrogen) atoms. The molecule has 0 unspecified atom stereocenters. The first-order valence-corrected chi connectivity index (χ1v) is 10.1. The smallest absolute Gasteiger partial charge is 0.253 e. The number of aromatic nitrogens is 1. The average Bonchev–Trinajstić information content (AvgIpc) is 2.81. The van der Waals surface area contributed by atoms with Gasteiger partial charge in [0.1, 0.15) is 18.1 Å². The highest BCUT2D eigenvalue weighted by Gasteiger charge is 2.23. The summed E-state index contributed by atoms with van der Waals surface area (Å²) in [6.07, 6.45) is 3.55. The number of para-hydroxylation sites is 3. The van der Waals surface area contributed by atoms with Gasteiger partial charge in [0, 0.05) is 12.7 Å². The van der Waals surface area contributed by atoms with Crippen molar-refractivity contribution < 1.29 is 14.3 Å². The highest BCUT2D eigenvalue weighted by molar-refractivity contribution is 5.95. The molecule has 0 saturated heterocycles. The summed E-state index contributed by atoms with van der Waals surface area (Å²) in [6, 6.07) is 19.4. The zero-order valence-corrected chi connectivity index (χ0v) is 17.0. The molecule has 0 aliphatic carbocycles. The Bertz CT molecular complexity index is 1010. The van der Waals surface area contributed by atoms with E-state index in [1.54, 1.807) is 13.3 Å². The van der Waals surface area contributed by atoms with Crippen LogP contribution in [0.15, 0.2) is 66.9 Å². The van der Waals surface area contributed by atoms with Crippen LogP contribution in [-0.2, 0) is 6.42 Å². The second-order valence-electron chi connectivity index (χ2n) is 7.03. The van der Waals surface area contributed by atoms with Crippen LogP contribution >= 0.6 is 0 Å². The second-order valence-corrected chi connectivity index (χ2v) is 7.03. The van der Waals surface area contributed by atoms with Crippen LogP contribution in [0.5, 0.6) is 11.5 Å². The highest BCUT2D eigenvalue weighted by Crippen LogP contribution is 2.37. The fourth-order valence-corrected chi connectivity index (χ4v) is 3.61. The molecule has 0 radical (unpaired) electrons. The summed E-state index contributed by atoms with van der Waals surface area (Å²) in [4.78, 5) is 19.4. The van der Waals surface area contributed by atoms with Crippen LogP contribution in [0.4, 0.5) is 11.4 Å². The van der Waals surface area contributed by atoms with Crippen LogP contribution in [0.2, 0.25) is 0 Å². The molecule has 1 aliphatic heterocycles. The van der Waals surface area contributed by atoms with Gasteiger partial charge in [-0.25, -0.2) is 0 Å². The summed E-state index contributed by atoms with van der Waals surface area (Å²) in [6.45, 7) is 1.67. The van der Waals surface area contributed by atoms with Crippen molar-refractivity contribution in [2.45, 2.75) is 12.8 Å². The largest absolute Gasteiger partial charge is 0.495 e. The van der Waals surface area contributed by atoms with E-state index < -0.39 is 0 Å². The molecule has 4 rings (SSSR count). The molecule has 1 aromatic heterocycles. The van der Waals surface area contributed by atoms with Gasteiger partial charge in [-0.2, -0.15) is 0 Å². The Balaban J connectivity index is 1.46. The number of amides is 1. The van der Waals surface area contributed by atoms with E-state index in [9.17, 15) is 4.79 Å². The summed E-state index contributed by atoms with van der Waals surface area (Å²) in [5.41, 5.74) is 3.47. The summed E-state index contributed by atoms with van der Waals surface area (Å²) in [7, 11) is 1.67. The first-order chi connectivity index (χ1) is 14.8. The Morgan fingerprint density at radius 3 is 2.73 bits per heavy atom. The Morgan fingerprint density at radius 1 is 1.10 bits per heavy atom. The molecule has 1 N–H and O–H groups in total. The molecule has 6 nitrogen and oxygen atoms in total. The molecule has 2 aromatic carbocycles. The monoisotopic (exact) mass is 403 g/mol. The number of carbonyl (C=O) groups is 1. The number of hydrogen-bond acceptors (Lipinski definition) is 5. The van der Waals surface area contributed by atoms with E-state index in [4.69, 9.17) is 9.47 Å². The third-order valence-electron chi connectivity index (χ3n) is 5.07. The number of pyridine rings is 1. The fourth-order valence-electron chi connectivity index (χ4n) is 3.61. The van der Waals surface area contributed by atoms with Crippen molar-refractivity contribution >= 4 is 17.3 Å². The number of hydrogen-bond donors (Lipinski definition) is 1. The molecular weight excluding hydrogens is 378 g/mol. The Morgan fingerprint density at radius 2 is 1.90 bits per heavy atom. The average molecular weight is 403 g/mol. The topological polar surface area (TPSA) is 63.7 Å². The molecule has 1 aliphatic rings. The molecule has 1 amide bonds. The van der Waals surface area contributed by atoms with Gasteiger partial charge >= 0.3 is 0 Å². The molecule has 0 spiro atoms. The van der Waals surface area contributed by atoms with Crippen molar-refractivity contribution in [1.29, 1.82) is 0 Å². The van der Waals surface area contributed by atoms with E-state index >= 15 is 0 Å². The SMILES string of the molecule is COc1ccccc1N1CCCc2ncc(C(=O)NCCOc3ccccc3)cc21. The van der Waals surface area contributed by atoms with Gasteiger partial charge in [0.05, 0.1) is 36.3 Å². The lowest BCUT2D eigenvalue weighted by Gasteiger charge is -2.31. The van der Waals surface area contributed by atoms with Crippen LogP contribution in [0.3, 0.4) is 0 Å². The second kappa shape index (κ2) is 9.31. The Kier molecular flexibility index (Phi) is 6.13. The number of methoxy groups -OCH3 is 1. The fraction of sp³-hybridized carbons (Fsp3) is 0.250. The third-order valence-corrected chi connectivity index (χ3v) is 5.07. The van der Waals surface area contributed by atoms with Gasteiger partial charge in [0.2, 0.25) is 0 Å². The summed E-state index contributed by atoms with van der Waals surface area (Å²) in [5, 5.41) is 2.91. The molecule has 0 saturated carbocycles. The summed E-state index contributed by atoms with van der Waals surface area (Å²) in [5.74, 6) is 1.43. The van der Waals surface area contributed by atoms with E-state index in [0.29, 0.717) is 18.7 Å². The van der Waals surface area contributed by atoms with E-state index in [1.807, 2.05) is 60.7 Å². The highest BCUT2D eigenvalue weighted by atomic mass is 16.5. The van der Waals surface area contributed by atoms with E-state index in [1.165, 1.54) is 0 Å². The van der Waals surface area contributed by atoms with E-state index in [0.717, 1.165) is 48.0 Å². The quantitative estimate of drug-likeness (QED) is 0.605. The predicted octanol–water partition coefficient (Wildman–Crippen LogP) is 3.98. The lowest BCUT2D eigenvalue weighted by molar-refractivity contribution is 0.0946. The number of benzene rings is 2. The van der Waals surface area contributed by atoms with Crippen LogP contribution in [0.1, 0.15) is 22.5 Å². The molecule has 3 aromatic rings. The number of rotatable bonds is 7. The number of nitrogens with zero attached hydrogens (tertiary/aromatic N) is 2. The lowest BCUT2D eigenvalue weighted by Crippen LogP contribution is -2.30. The number of aryl methyl sites for hydroxylation is 1. The van der Waals surface area contributed by atoms with E-state index in [2.05, 4.69) is 15.2 Å². The standard InChI is InChI=1S/C24H25N3O3/c1-29-23-12-6-5-11-21(23)27-14-7-10-20-22(27)16-18(17-26-20)24(28)25-13-15-30-19-8-3-2-4-9-19/h2-6,8-9,11-12,16-17H,7,10,13-15H2,1H3,(H,25,28). The normalized spacial score (nSPS) is 12.8. The molecule has 2 heterocycles. The number of ether oxygens (including phenoxy) is 2. The Hall–Kier alpha value is -3.54.